The maximum atomic E-state index is 12.8. The third kappa shape index (κ3) is 10.8. The summed E-state index contributed by atoms with van der Waals surface area (Å²) in [4.78, 5) is -2.81. The number of nitrogen functional groups attached to an aromatic ring is 1. The monoisotopic (exact) mass is 875 g/mol. The Kier molecular flexibility index (Phi) is 15.8. The van der Waals surface area contributed by atoms with Crippen LogP contribution in [0.1, 0.15) is 0 Å². The number of phenolic OH excluding ortho intramolecular Hbond substituents is 1. The van der Waals surface area contributed by atoms with Gasteiger partial charge in [0.1, 0.15) is 21.2 Å². The Balaban J connectivity index is 0.00000300. The minimum atomic E-state index is -5.15. The molecule has 0 fully saturated rings. The van der Waals surface area contributed by atoms with Crippen molar-refractivity contribution in [2.45, 2.75) is 14.7 Å². The SMILES string of the molecule is Nc1c(N=Nc2ccc3c(O)c(N=Nc4ccc(N=Nc5ccc([O-])cc5[O-])cc4)c(S(=O)(=O)O)cc3c2)cc(S(=O)(=O)O)c2cc(S(=O)(=O)O)cc([O-])c12.[Na+].[Na+].[Na+]. The largest absolute Gasteiger partial charge is 1.00 e. The molecule has 6 N–H and O–H groups in total. The number of hydrogen-bond acceptors (Lipinski definition) is 17. The smallest absolute Gasteiger partial charge is 0.872 e. The Bertz CT molecular complexity index is 3030. The number of anilines is 1. The topological polar surface area (TPSA) is 353 Å². The standard InChI is InChI=1S/C32H23N7O13S3.3Na/c33-30-24(14-27(54(47,48)49)22-12-20(53(44,45)46)13-26(42)29(22)30)38-36-18-5-7-21-15(9-18)10-28(55(50,51)52)31(32(21)43)39-35-17-3-1-16(2-4-17)34-37-23-8-6-19(40)11-25(23)41;;;/h1-14,40-43H,33H2,(H,44,45,46)(H,47,48,49)(H,50,51,52);;;/q;3*+1/p-3. The van der Waals surface area contributed by atoms with Crippen LogP contribution in [-0.2, 0) is 30.4 Å². The molecule has 0 aliphatic heterocycles. The van der Waals surface area contributed by atoms with Gasteiger partial charge < -0.3 is 26.2 Å². The summed E-state index contributed by atoms with van der Waals surface area (Å²) in [5, 5.41) is 68.9. The van der Waals surface area contributed by atoms with Gasteiger partial charge in [-0.05, 0) is 78.2 Å². The van der Waals surface area contributed by atoms with Gasteiger partial charge in [-0.2, -0.15) is 45.7 Å². The van der Waals surface area contributed by atoms with Gasteiger partial charge in [0, 0.05) is 16.2 Å². The second-order valence-electron chi connectivity index (χ2n) is 11.3. The number of phenols is 1. The predicted octanol–water partition coefficient (Wildman–Crippen LogP) is -3.50. The maximum Gasteiger partial charge on any atom is 1.00 e. The summed E-state index contributed by atoms with van der Waals surface area (Å²) in [6.45, 7) is 0. The molecule has 26 heteroatoms. The van der Waals surface area contributed by atoms with Gasteiger partial charge >= 0.3 is 88.7 Å². The van der Waals surface area contributed by atoms with Crippen molar-refractivity contribution in [2.75, 3.05) is 5.73 Å². The Morgan fingerprint density at radius 1 is 0.517 bits per heavy atom. The Morgan fingerprint density at radius 3 is 1.64 bits per heavy atom. The fourth-order valence-electron chi connectivity index (χ4n) is 5.10. The number of aromatic hydroxyl groups is 1. The summed E-state index contributed by atoms with van der Waals surface area (Å²) < 4.78 is 102. The average Bonchev–Trinajstić information content (AvgIpc) is 3.09. The van der Waals surface area contributed by atoms with Crippen LogP contribution in [0.15, 0.2) is 130 Å². The summed E-state index contributed by atoms with van der Waals surface area (Å²) in [7, 11) is -15.2. The molecule has 282 valence electrons. The summed E-state index contributed by atoms with van der Waals surface area (Å²) >= 11 is 0. The molecule has 6 aromatic carbocycles. The average molecular weight is 876 g/mol. The van der Waals surface area contributed by atoms with Gasteiger partial charge in [0.2, 0.25) is 0 Å². The Hall–Kier alpha value is -3.63. The molecule has 0 bridgehead atoms. The van der Waals surface area contributed by atoms with Crippen LogP contribution in [0.25, 0.3) is 21.5 Å². The number of rotatable bonds is 9. The normalized spacial score (nSPS) is 12.2. The Morgan fingerprint density at radius 2 is 1.07 bits per heavy atom. The third-order valence-electron chi connectivity index (χ3n) is 7.64. The van der Waals surface area contributed by atoms with Crippen molar-refractivity contribution in [3.8, 4) is 23.0 Å². The molecule has 0 amide bonds. The number of hydrogen-bond donors (Lipinski definition) is 5. The molecular formula is C32H20N7Na3O13S3. The van der Waals surface area contributed by atoms with Gasteiger partial charge in [0.15, 0.2) is 5.75 Å². The first-order valence-electron chi connectivity index (χ1n) is 14.8. The van der Waals surface area contributed by atoms with Crippen LogP contribution in [0, 0.1) is 0 Å². The van der Waals surface area contributed by atoms with E-state index < -0.39 is 95.9 Å². The van der Waals surface area contributed by atoms with E-state index >= 15 is 0 Å². The van der Waals surface area contributed by atoms with Crippen molar-refractivity contribution < 1.29 is 148 Å². The molecule has 0 aliphatic carbocycles. The van der Waals surface area contributed by atoms with Gasteiger partial charge in [-0.25, -0.2) is 0 Å². The quantitative estimate of drug-likeness (QED) is 0.0408. The van der Waals surface area contributed by atoms with Crippen LogP contribution in [-0.4, -0.2) is 44.0 Å². The maximum absolute atomic E-state index is 12.8. The minimum absolute atomic E-state index is 0. The Labute approximate surface area is 394 Å². The molecule has 0 saturated carbocycles. The molecule has 0 aliphatic rings. The van der Waals surface area contributed by atoms with E-state index in [2.05, 4.69) is 30.7 Å². The first-order chi connectivity index (χ1) is 25.7. The predicted molar refractivity (Wildman–Crippen MR) is 187 cm³/mol. The summed E-state index contributed by atoms with van der Waals surface area (Å²) in [6.07, 6.45) is 0. The van der Waals surface area contributed by atoms with Crippen LogP contribution in [0.5, 0.6) is 23.0 Å². The van der Waals surface area contributed by atoms with Gasteiger partial charge in [-0.1, -0.05) is 23.6 Å². The van der Waals surface area contributed by atoms with E-state index in [-0.39, 0.29) is 122 Å². The first kappa shape index (κ1) is 48.7. The fourth-order valence-corrected chi connectivity index (χ4v) is 6.98. The molecule has 6 rings (SSSR count). The van der Waals surface area contributed by atoms with E-state index in [1.807, 2.05) is 0 Å². The zero-order chi connectivity index (χ0) is 40.0. The molecule has 6 aromatic rings. The van der Waals surface area contributed by atoms with Crippen LogP contribution in [0.3, 0.4) is 0 Å². The number of nitrogens with zero attached hydrogens (tertiary/aromatic N) is 6. The van der Waals surface area contributed by atoms with Gasteiger partial charge in [0.25, 0.3) is 30.4 Å². The van der Waals surface area contributed by atoms with Crippen molar-refractivity contribution >= 4 is 91.7 Å². The number of benzene rings is 6. The number of fused-ring (bicyclic) bond motifs is 2. The molecule has 0 radical (unpaired) electrons. The van der Waals surface area contributed by atoms with Crippen molar-refractivity contribution in [3.63, 3.8) is 0 Å². The molecule has 0 atom stereocenters. The minimum Gasteiger partial charge on any atom is -0.872 e. The third-order valence-corrected chi connectivity index (χ3v) is 10.2. The van der Waals surface area contributed by atoms with Crippen molar-refractivity contribution in [1.29, 1.82) is 0 Å². The molecular weight excluding hydrogens is 856 g/mol. The molecule has 0 unspecified atom stereocenters. The second-order valence-corrected chi connectivity index (χ2v) is 15.5. The molecule has 0 spiro atoms. The molecule has 58 heavy (non-hydrogen) atoms. The number of nitrogens with two attached hydrogens (primary N) is 1. The summed E-state index contributed by atoms with van der Waals surface area (Å²) in [5.74, 6) is -2.95. The van der Waals surface area contributed by atoms with E-state index in [0.29, 0.717) is 18.2 Å². The van der Waals surface area contributed by atoms with E-state index in [1.54, 1.807) is 0 Å². The van der Waals surface area contributed by atoms with E-state index in [4.69, 9.17) is 5.73 Å². The summed E-state index contributed by atoms with van der Waals surface area (Å²) in [6, 6.07) is 15.4. The number of azo groups is 3. The van der Waals surface area contributed by atoms with Crippen LogP contribution in [0.2, 0.25) is 0 Å². The van der Waals surface area contributed by atoms with E-state index in [1.165, 1.54) is 48.5 Å². The van der Waals surface area contributed by atoms with Crippen LogP contribution in [0.4, 0.5) is 39.8 Å². The van der Waals surface area contributed by atoms with Crippen LogP contribution >= 0.6 is 0 Å². The van der Waals surface area contributed by atoms with Crippen LogP contribution < -0.4 is 110 Å². The zero-order valence-electron chi connectivity index (χ0n) is 30.0. The molecule has 20 nitrogen and oxygen atoms in total. The van der Waals surface area contributed by atoms with Crippen molar-refractivity contribution in [2.24, 2.45) is 30.7 Å². The molecule has 0 heterocycles. The van der Waals surface area contributed by atoms with Gasteiger partial charge in [-0.3, -0.25) is 13.7 Å². The molecule has 0 saturated heterocycles. The molecule has 0 aromatic heterocycles. The van der Waals surface area contributed by atoms with Gasteiger partial charge in [0.05, 0.1) is 33.3 Å². The van der Waals surface area contributed by atoms with E-state index in [0.717, 1.165) is 18.2 Å². The fraction of sp³-hybridized carbons (Fsp3) is 0. The first-order valence-corrected chi connectivity index (χ1v) is 19.2. The zero-order valence-corrected chi connectivity index (χ0v) is 38.5. The van der Waals surface area contributed by atoms with Gasteiger partial charge in [-0.15, -0.1) is 16.0 Å². The second kappa shape index (κ2) is 18.7. The van der Waals surface area contributed by atoms with Crippen molar-refractivity contribution in [1.82, 2.24) is 0 Å². The van der Waals surface area contributed by atoms with Crippen molar-refractivity contribution in [3.05, 3.63) is 84.9 Å². The summed E-state index contributed by atoms with van der Waals surface area (Å²) in [5.41, 5.74) is 4.75. The van der Waals surface area contributed by atoms with E-state index in [9.17, 15) is 59.3 Å².